The van der Waals surface area contributed by atoms with E-state index in [-0.39, 0.29) is 18.3 Å². The van der Waals surface area contributed by atoms with Crippen LogP contribution in [0.4, 0.5) is 5.69 Å². The summed E-state index contributed by atoms with van der Waals surface area (Å²) < 4.78 is 11.1. The molecule has 0 bridgehead atoms. The first-order valence-electron chi connectivity index (χ1n) is 9.30. The van der Waals surface area contributed by atoms with E-state index in [0.717, 1.165) is 24.2 Å². The molecule has 0 spiro atoms. The number of hydrogen-bond donors (Lipinski definition) is 0. The molecule has 0 unspecified atom stereocenters. The molecule has 0 N–H and O–H groups in total. The average Bonchev–Trinajstić information content (AvgIpc) is 3.37. The topological polar surface area (TPSA) is 72.6 Å². The van der Waals surface area contributed by atoms with Crippen molar-refractivity contribution in [1.29, 1.82) is 0 Å². The number of anilines is 1. The summed E-state index contributed by atoms with van der Waals surface area (Å²) in [5.41, 5.74) is 1.77. The molecule has 1 saturated heterocycles. The summed E-state index contributed by atoms with van der Waals surface area (Å²) >= 11 is 0. The van der Waals surface area contributed by atoms with Crippen LogP contribution in [0.3, 0.4) is 0 Å². The highest BCUT2D eigenvalue weighted by atomic mass is 16.5. The van der Waals surface area contributed by atoms with Crippen molar-refractivity contribution in [3.8, 4) is 17.1 Å². The summed E-state index contributed by atoms with van der Waals surface area (Å²) in [6.45, 7) is 0.735. The molecular formula is C22H20N2O4. The van der Waals surface area contributed by atoms with Crippen LogP contribution in [0.5, 0.6) is 5.75 Å². The molecule has 1 aliphatic heterocycles. The van der Waals surface area contributed by atoms with Crippen molar-refractivity contribution >= 4 is 17.6 Å². The number of carbonyl (C=O) groups excluding carboxylic acids is 2. The first-order chi connectivity index (χ1) is 13.7. The summed E-state index contributed by atoms with van der Waals surface area (Å²) in [6, 6.07) is 16.7. The Hall–Kier alpha value is -3.41. The van der Waals surface area contributed by atoms with Crippen LogP contribution >= 0.6 is 0 Å². The minimum Gasteiger partial charge on any atom is -0.441 e. The molecule has 4 rings (SSSR count). The van der Waals surface area contributed by atoms with Crippen molar-refractivity contribution < 1.29 is 18.7 Å². The Labute approximate surface area is 162 Å². The number of carbonyl (C=O) groups is 2. The number of ether oxygens (including phenoxy) is 1. The van der Waals surface area contributed by atoms with E-state index in [9.17, 15) is 9.59 Å². The van der Waals surface area contributed by atoms with Crippen LogP contribution in [0.2, 0.25) is 0 Å². The molecule has 0 atom stereocenters. The van der Waals surface area contributed by atoms with Gasteiger partial charge in [0.25, 0.3) is 0 Å². The van der Waals surface area contributed by atoms with Crippen LogP contribution < -0.4 is 9.64 Å². The predicted octanol–water partition coefficient (Wildman–Crippen LogP) is 4.01. The van der Waals surface area contributed by atoms with Crippen molar-refractivity contribution in [1.82, 2.24) is 4.98 Å². The summed E-state index contributed by atoms with van der Waals surface area (Å²) in [5.74, 6) is 1.41. The molecular weight excluding hydrogens is 356 g/mol. The fraction of sp³-hybridized carbons (Fsp3) is 0.227. The molecule has 2 aromatic carbocycles. The second kappa shape index (κ2) is 8.08. The minimum absolute atomic E-state index is 0.130. The van der Waals surface area contributed by atoms with Crippen molar-refractivity contribution in [2.24, 2.45) is 0 Å². The molecule has 6 heteroatoms. The molecule has 0 saturated carbocycles. The van der Waals surface area contributed by atoms with E-state index in [4.69, 9.17) is 9.15 Å². The molecule has 28 heavy (non-hydrogen) atoms. The van der Waals surface area contributed by atoms with Crippen LogP contribution in [-0.4, -0.2) is 23.4 Å². The maximum absolute atomic E-state index is 12.1. The molecule has 142 valence electrons. The number of rotatable bonds is 6. The minimum atomic E-state index is -0.357. The largest absolute Gasteiger partial charge is 0.441 e. The lowest BCUT2D eigenvalue weighted by molar-refractivity contribution is -0.134. The Balaban J connectivity index is 1.30. The normalized spacial score (nSPS) is 13.7. The van der Waals surface area contributed by atoms with E-state index in [2.05, 4.69) is 4.98 Å². The lowest BCUT2D eigenvalue weighted by Crippen LogP contribution is -2.23. The molecule has 0 radical (unpaired) electrons. The van der Waals surface area contributed by atoms with Gasteiger partial charge in [0, 0.05) is 30.6 Å². The average molecular weight is 376 g/mol. The summed E-state index contributed by atoms with van der Waals surface area (Å²) in [4.78, 5) is 29.8. The van der Waals surface area contributed by atoms with Crippen LogP contribution in [0.25, 0.3) is 11.3 Å². The number of amides is 1. The van der Waals surface area contributed by atoms with Crippen LogP contribution in [0, 0.1) is 0 Å². The van der Waals surface area contributed by atoms with Gasteiger partial charge in [0.05, 0.1) is 12.6 Å². The number of benzene rings is 2. The molecule has 1 aromatic heterocycles. The first kappa shape index (κ1) is 18.0. The standard InChI is InChI=1S/C22H20N2O4/c25-21-7-4-14-24(21)17-8-10-18(11-9-17)27-22(26)13-12-20-23-15-19(28-20)16-5-2-1-3-6-16/h1-3,5-6,8-11,15H,4,7,12-14H2. The maximum atomic E-state index is 12.1. The van der Waals surface area contributed by atoms with Gasteiger partial charge in [0.15, 0.2) is 11.7 Å². The van der Waals surface area contributed by atoms with Gasteiger partial charge in [-0.2, -0.15) is 0 Å². The first-order valence-corrected chi connectivity index (χ1v) is 9.30. The van der Waals surface area contributed by atoms with E-state index >= 15 is 0 Å². The Bertz CT molecular complexity index is 964. The van der Waals surface area contributed by atoms with Gasteiger partial charge >= 0.3 is 5.97 Å². The van der Waals surface area contributed by atoms with Gasteiger partial charge in [-0.25, -0.2) is 4.98 Å². The molecule has 1 fully saturated rings. The zero-order chi connectivity index (χ0) is 19.3. The highest BCUT2D eigenvalue weighted by molar-refractivity contribution is 5.95. The van der Waals surface area contributed by atoms with E-state index in [0.29, 0.717) is 30.2 Å². The maximum Gasteiger partial charge on any atom is 0.311 e. The Morgan fingerprint density at radius 3 is 2.61 bits per heavy atom. The third-order valence-corrected chi connectivity index (χ3v) is 4.61. The van der Waals surface area contributed by atoms with Gasteiger partial charge in [-0.05, 0) is 30.7 Å². The summed E-state index contributed by atoms with van der Waals surface area (Å²) in [6.07, 6.45) is 3.66. The van der Waals surface area contributed by atoms with Gasteiger partial charge < -0.3 is 14.1 Å². The molecule has 3 aromatic rings. The lowest BCUT2D eigenvalue weighted by atomic mass is 10.2. The van der Waals surface area contributed by atoms with Crippen molar-refractivity contribution in [3.63, 3.8) is 0 Å². The third kappa shape index (κ3) is 4.11. The highest BCUT2D eigenvalue weighted by Crippen LogP contribution is 2.24. The second-order valence-electron chi connectivity index (χ2n) is 6.60. The number of aryl methyl sites for hydroxylation is 1. The van der Waals surface area contributed by atoms with Crippen molar-refractivity contribution in [2.45, 2.75) is 25.7 Å². The Kier molecular flexibility index (Phi) is 5.19. The summed E-state index contributed by atoms with van der Waals surface area (Å²) in [7, 11) is 0. The highest BCUT2D eigenvalue weighted by Gasteiger charge is 2.21. The van der Waals surface area contributed by atoms with Gasteiger partial charge in [-0.15, -0.1) is 0 Å². The van der Waals surface area contributed by atoms with Crippen molar-refractivity contribution in [3.05, 3.63) is 66.7 Å². The van der Waals surface area contributed by atoms with E-state index in [1.54, 1.807) is 35.4 Å². The van der Waals surface area contributed by atoms with E-state index in [1.807, 2.05) is 30.3 Å². The fourth-order valence-corrected chi connectivity index (χ4v) is 3.17. The quantitative estimate of drug-likeness (QED) is 0.480. The Morgan fingerprint density at radius 2 is 1.89 bits per heavy atom. The zero-order valence-electron chi connectivity index (χ0n) is 15.3. The van der Waals surface area contributed by atoms with Crippen LogP contribution in [0.1, 0.15) is 25.2 Å². The number of esters is 1. The second-order valence-corrected chi connectivity index (χ2v) is 6.60. The van der Waals surface area contributed by atoms with Gasteiger partial charge in [-0.3, -0.25) is 9.59 Å². The number of nitrogens with zero attached hydrogens (tertiary/aromatic N) is 2. The lowest BCUT2D eigenvalue weighted by Gasteiger charge is -2.15. The predicted molar refractivity (Wildman–Crippen MR) is 104 cm³/mol. The zero-order valence-corrected chi connectivity index (χ0v) is 15.3. The molecule has 1 amide bonds. The third-order valence-electron chi connectivity index (χ3n) is 4.61. The van der Waals surface area contributed by atoms with E-state index in [1.165, 1.54) is 0 Å². The Morgan fingerprint density at radius 1 is 1.11 bits per heavy atom. The van der Waals surface area contributed by atoms with Gasteiger partial charge in [-0.1, -0.05) is 30.3 Å². The monoisotopic (exact) mass is 376 g/mol. The van der Waals surface area contributed by atoms with Gasteiger partial charge in [0.1, 0.15) is 5.75 Å². The van der Waals surface area contributed by atoms with Gasteiger partial charge in [0.2, 0.25) is 5.91 Å². The fourth-order valence-electron chi connectivity index (χ4n) is 3.17. The smallest absolute Gasteiger partial charge is 0.311 e. The number of hydrogen-bond acceptors (Lipinski definition) is 5. The van der Waals surface area contributed by atoms with E-state index < -0.39 is 0 Å². The summed E-state index contributed by atoms with van der Waals surface area (Å²) in [5, 5.41) is 0. The van der Waals surface area contributed by atoms with Crippen molar-refractivity contribution in [2.75, 3.05) is 11.4 Å². The SMILES string of the molecule is O=C(CCc1ncc(-c2ccccc2)o1)Oc1ccc(N2CCCC2=O)cc1. The molecule has 1 aliphatic rings. The molecule has 0 aliphatic carbocycles. The molecule has 6 nitrogen and oxygen atoms in total. The van der Waals surface area contributed by atoms with Crippen LogP contribution in [-0.2, 0) is 16.0 Å². The number of oxazole rings is 1. The van der Waals surface area contributed by atoms with Crippen LogP contribution in [0.15, 0.2) is 65.2 Å². The number of aromatic nitrogens is 1. The molecule has 2 heterocycles.